The predicted molar refractivity (Wildman–Crippen MR) is 125 cm³/mol. The van der Waals surface area contributed by atoms with Gasteiger partial charge in [-0.15, -0.1) is 0 Å². The molecule has 0 saturated heterocycles. The first-order valence-corrected chi connectivity index (χ1v) is 10.4. The Kier molecular flexibility index (Phi) is 5.42. The molecule has 1 aromatic heterocycles. The van der Waals surface area contributed by atoms with E-state index in [2.05, 4.69) is 4.98 Å². The molecule has 0 aliphatic rings. The van der Waals surface area contributed by atoms with E-state index in [1.807, 2.05) is 64.1 Å². The Balaban J connectivity index is 1.72. The number of rotatable bonds is 4. The highest BCUT2D eigenvalue weighted by molar-refractivity contribution is 6.06. The molecule has 0 aliphatic heterocycles. The lowest BCUT2D eigenvalue weighted by molar-refractivity contribution is 0.0988. The van der Waals surface area contributed by atoms with Gasteiger partial charge in [-0.1, -0.05) is 24.3 Å². The maximum atomic E-state index is 13.2. The SMILES string of the molecule is CCN(C(=O)c1ccc(-n2c(C)nc3ccccc3c2=O)cc1)c1cc(C)ccc1C. The van der Waals surface area contributed by atoms with E-state index in [4.69, 9.17) is 0 Å². The molecule has 0 atom stereocenters. The Morgan fingerprint density at radius 2 is 1.68 bits per heavy atom. The molecule has 1 heterocycles. The third-order valence-electron chi connectivity index (χ3n) is 5.53. The van der Waals surface area contributed by atoms with Crippen LogP contribution in [0, 0.1) is 20.8 Å². The molecule has 5 heteroatoms. The van der Waals surface area contributed by atoms with Crippen LogP contribution in [0.2, 0.25) is 0 Å². The number of hydrogen-bond donors (Lipinski definition) is 0. The minimum atomic E-state index is -0.118. The molecule has 0 radical (unpaired) electrons. The molecule has 0 N–H and O–H groups in total. The summed E-state index contributed by atoms with van der Waals surface area (Å²) in [7, 11) is 0. The summed E-state index contributed by atoms with van der Waals surface area (Å²) in [4.78, 5) is 32.6. The number of benzene rings is 3. The molecule has 3 aromatic carbocycles. The summed E-state index contributed by atoms with van der Waals surface area (Å²) in [6.07, 6.45) is 0. The van der Waals surface area contributed by atoms with Crippen molar-refractivity contribution in [3.8, 4) is 5.69 Å². The van der Waals surface area contributed by atoms with Crippen LogP contribution < -0.4 is 10.5 Å². The summed E-state index contributed by atoms with van der Waals surface area (Å²) in [5, 5.41) is 0.570. The second-order valence-corrected chi connectivity index (χ2v) is 7.70. The number of fused-ring (bicyclic) bond motifs is 1. The zero-order valence-corrected chi connectivity index (χ0v) is 18.2. The van der Waals surface area contributed by atoms with Crippen molar-refractivity contribution in [1.82, 2.24) is 9.55 Å². The Morgan fingerprint density at radius 3 is 2.39 bits per heavy atom. The zero-order valence-electron chi connectivity index (χ0n) is 18.2. The van der Waals surface area contributed by atoms with Gasteiger partial charge in [0.1, 0.15) is 5.82 Å². The van der Waals surface area contributed by atoms with Gasteiger partial charge in [-0.05, 0) is 81.3 Å². The van der Waals surface area contributed by atoms with Crippen LogP contribution in [0.15, 0.2) is 71.5 Å². The second kappa shape index (κ2) is 8.19. The Hall–Kier alpha value is -3.73. The van der Waals surface area contributed by atoms with Crippen LogP contribution in [-0.2, 0) is 0 Å². The summed E-state index contributed by atoms with van der Waals surface area (Å²) in [6.45, 7) is 8.38. The molecule has 4 aromatic rings. The highest BCUT2D eigenvalue weighted by Crippen LogP contribution is 2.24. The molecular formula is C26H25N3O2. The minimum Gasteiger partial charge on any atom is -0.308 e. The molecule has 0 saturated carbocycles. The molecule has 1 amide bonds. The van der Waals surface area contributed by atoms with Gasteiger partial charge in [0.25, 0.3) is 11.5 Å². The zero-order chi connectivity index (χ0) is 22.1. The van der Waals surface area contributed by atoms with Crippen LogP contribution in [-0.4, -0.2) is 22.0 Å². The smallest absolute Gasteiger partial charge is 0.265 e. The van der Waals surface area contributed by atoms with Gasteiger partial charge in [0.05, 0.1) is 16.6 Å². The lowest BCUT2D eigenvalue weighted by atomic mass is 10.1. The van der Waals surface area contributed by atoms with Crippen LogP contribution in [0.25, 0.3) is 16.6 Å². The van der Waals surface area contributed by atoms with Crippen LogP contribution in [0.5, 0.6) is 0 Å². The fourth-order valence-electron chi connectivity index (χ4n) is 3.89. The van der Waals surface area contributed by atoms with E-state index in [0.717, 1.165) is 16.8 Å². The van der Waals surface area contributed by atoms with Gasteiger partial charge in [0, 0.05) is 17.8 Å². The summed E-state index contributed by atoms with van der Waals surface area (Å²) in [5.74, 6) is 0.539. The average molecular weight is 412 g/mol. The predicted octanol–water partition coefficient (Wildman–Crippen LogP) is 4.98. The van der Waals surface area contributed by atoms with Gasteiger partial charge in [-0.25, -0.2) is 4.98 Å². The quantitative estimate of drug-likeness (QED) is 0.476. The molecule has 5 nitrogen and oxygen atoms in total. The highest BCUT2D eigenvalue weighted by Gasteiger charge is 2.18. The number of carbonyl (C=O) groups is 1. The largest absolute Gasteiger partial charge is 0.308 e. The van der Waals surface area contributed by atoms with Gasteiger partial charge < -0.3 is 4.90 Å². The van der Waals surface area contributed by atoms with Gasteiger partial charge >= 0.3 is 0 Å². The first-order chi connectivity index (χ1) is 14.9. The lowest BCUT2D eigenvalue weighted by Crippen LogP contribution is -2.31. The standard InChI is InChI=1S/C26H25N3O2/c1-5-28(24-16-17(2)10-11-18(24)3)25(30)20-12-14-21(15-13-20)29-19(4)27-23-9-7-6-8-22(23)26(29)31/h6-16H,5H2,1-4H3. The van der Waals surface area contributed by atoms with Crippen molar-refractivity contribution in [3.63, 3.8) is 0 Å². The Morgan fingerprint density at radius 1 is 0.968 bits per heavy atom. The number of amides is 1. The van der Waals surface area contributed by atoms with Crippen molar-refractivity contribution >= 4 is 22.5 Å². The van der Waals surface area contributed by atoms with E-state index in [9.17, 15) is 9.59 Å². The van der Waals surface area contributed by atoms with E-state index in [1.165, 1.54) is 0 Å². The monoisotopic (exact) mass is 411 g/mol. The molecule has 0 unspecified atom stereocenters. The first-order valence-electron chi connectivity index (χ1n) is 10.4. The van der Waals surface area contributed by atoms with Crippen molar-refractivity contribution in [3.05, 3.63) is 99.6 Å². The third kappa shape index (κ3) is 3.75. The van der Waals surface area contributed by atoms with E-state index in [0.29, 0.717) is 34.5 Å². The van der Waals surface area contributed by atoms with Crippen molar-refractivity contribution < 1.29 is 4.79 Å². The fourth-order valence-corrected chi connectivity index (χ4v) is 3.89. The van der Waals surface area contributed by atoms with E-state index < -0.39 is 0 Å². The number of carbonyl (C=O) groups excluding carboxylic acids is 1. The molecular weight excluding hydrogens is 386 g/mol. The maximum absolute atomic E-state index is 13.2. The minimum absolute atomic E-state index is 0.0662. The molecule has 0 spiro atoms. The normalized spacial score (nSPS) is 11.0. The van der Waals surface area contributed by atoms with Crippen LogP contribution >= 0.6 is 0 Å². The van der Waals surface area contributed by atoms with Gasteiger partial charge in [-0.3, -0.25) is 14.2 Å². The van der Waals surface area contributed by atoms with Crippen molar-refractivity contribution in [1.29, 1.82) is 0 Å². The molecule has 156 valence electrons. The van der Waals surface area contributed by atoms with Crippen LogP contribution in [0.1, 0.15) is 34.2 Å². The fraction of sp³-hybridized carbons (Fsp3) is 0.192. The summed E-state index contributed by atoms with van der Waals surface area (Å²) in [5.41, 5.74) is 4.91. The first kappa shape index (κ1) is 20.5. The van der Waals surface area contributed by atoms with E-state index in [1.54, 1.807) is 39.8 Å². The summed E-state index contributed by atoms with van der Waals surface area (Å²) >= 11 is 0. The van der Waals surface area contributed by atoms with Crippen molar-refractivity contribution in [2.24, 2.45) is 0 Å². The van der Waals surface area contributed by atoms with Crippen molar-refractivity contribution in [2.45, 2.75) is 27.7 Å². The lowest BCUT2D eigenvalue weighted by Gasteiger charge is -2.23. The van der Waals surface area contributed by atoms with Crippen LogP contribution in [0.4, 0.5) is 5.69 Å². The van der Waals surface area contributed by atoms with E-state index in [-0.39, 0.29) is 11.5 Å². The number of para-hydroxylation sites is 1. The molecule has 0 bridgehead atoms. The molecule has 4 rings (SSSR count). The van der Waals surface area contributed by atoms with Crippen molar-refractivity contribution in [2.75, 3.05) is 11.4 Å². The van der Waals surface area contributed by atoms with E-state index >= 15 is 0 Å². The van der Waals surface area contributed by atoms with Gasteiger partial charge in [-0.2, -0.15) is 0 Å². The summed E-state index contributed by atoms with van der Waals surface area (Å²) < 4.78 is 1.58. The molecule has 0 aliphatic carbocycles. The maximum Gasteiger partial charge on any atom is 0.265 e. The number of anilines is 1. The second-order valence-electron chi connectivity index (χ2n) is 7.70. The number of aromatic nitrogens is 2. The van der Waals surface area contributed by atoms with Gasteiger partial charge in [0.15, 0.2) is 0 Å². The number of nitrogens with zero attached hydrogens (tertiary/aromatic N) is 3. The molecule has 0 fully saturated rings. The third-order valence-corrected chi connectivity index (χ3v) is 5.53. The Bertz CT molecular complexity index is 1340. The number of aryl methyl sites for hydroxylation is 3. The average Bonchev–Trinajstić information content (AvgIpc) is 2.77. The topological polar surface area (TPSA) is 55.2 Å². The summed E-state index contributed by atoms with van der Waals surface area (Å²) in [6, 6.07) is 20.6. The Labute approximate surface area is 181 Å². The highest BCUT2D eigenvalue weighted by atomic mass is 16.2. The van der Waals surface area contributed by atoms with Gasteiger partial charge in [0.2, 0.25) is 0 Å². The molecule has 31 heavy (non-hydrogen) atoms. The number of hydrogen-bond acceptors (Lipinski definition) is 3. The van der Waals surface area contributed by atoms with Crippen LogP contribution in [0.3, 0.4) is 0 Å².